The summed E-state index contributed by atoms with van der Waals surface area (Å²) < 4.78 is 43.7. The second kappa shape index (κ2) is 10.7. The summed E-state index contributed by atoms with van der Waals surface area (Å²) in [4.78, 5) is 27.1. The molecule has 0 amide bonds. The van der Waals surface area contributed by atoms with Crippen molar-refractivity contribution in [1.82, 2.24) is 29.3 Å². The van der Waals surface area contributed by atoms with E-state index < -0.39 is 17.7 Å². The van der Waals surface area contributed by atoms with Gasteiger partial charge in [-0.3, -0.25) is 9.36 Å². The number of nitrogen functional groups attached to an aromatic ring is 1. The Morgan fingerprint density at radius 2 is 2.02 bits per heavy atom. The molecule has 6 rings (SSSR count). The summed E-state index contributed by atoms with van der Waals surface area (Å²) in [5.74, 6) is -2.14. The van der Waals surface area contributed by atoms with Crippen molar-refractivity contribution in [2.75, 3.05) is 19.5 Å². The summed E-state index contributed by atoms with van der Waals surface area (Å²) in [7, 11) is 1.25. The summed E-state index contributed by atoms with van der Waals surface area (Å²) in [6.07, 6.45) is 3.78. The van der Waals surface area contributed by atoms with Crippen LogP contribution in [0.3, 0.4) is 0 Å². The van der Waals surface area contributed by atoms with Crippen LogP contribution in [-0.4, -0.2) is 49.1 Å². The molecule has 2 atom stereocenters. The largest absolute Gasteiger partial charge is 0.494 e. The molecule has 5 aromatic rings. The summed E-state index contributed by atoms with van der Waals surface area (Å²) in [5, 5.41) is 5.49. The van der Waals surface area contributed by atoms with E-state index in [4.69, 9.17) is 31.8 Å². The molecule has 0 aliphatic carbocycles. The summed E-state index contributed by atoms with van der Waals surface area (Å²) in [6, 6.07) is 7.06. The van der Waals surface area contributed by atoms with Crippen LogP contribution in [0.5, 0.6) is 5.75 Å². The smallest absolute Gasteiger partial charge is 0.262 e. The van der Waals surface area contributed by atoms with Crippen LogP contribution in [0.1, 0.15) is 38.1 Å². The van der Waals surface area contributed by atoms with E-state index in [-0.39, 0.29) is 45.5 Å². The molecule has 13 heteroatoms. The molecule has 1 fully saturated rings. The van der Waals surface area contributed by atoms with Gasteiger partial charge in [-0.1, -0.05) is 17.7 Å². The lowest BCUT2D eigenvalue weighted by Crippen LogP contribution is -2.30. The fourth-order valence-corrected chi connectivity index (χ4v) is 5.61. The lowest BCUT2D eigenvalue weighted by atomic mass is 10.1. The van der Waals surface area contributed by atoms with E-state index in [1.54, 1.807) is 29.7 Å². The van der Waals surface area contributed by atoms with Gasteiger partial charge in [0.2, 0.25) is 5.82 Å². The van der Waals surface area contributed by atoms with Crippen molar-refractivity contribution >= 4 is 39.4 Å². The molecule has 2 unspecified atom stereocenters. The van der Waals surface area contributed by atoms with Gasteiger partial charge in [-0.05, 0) is 50.5 Å². The van der Waals surface area contributed by atoms with Gasteiger partial charge in [-0.15, -0.1) is 0 Å². The van der Waals surface area contributed by atoms with Gasteiger partial charge in [0.05, 0.1) is 34.5 Å². The van der Waals surface area contributed by atoms with Crippen LogP contribution >= 0.6 is 11.6 Å². The minimum Gasteiger partial charge on any atom is -0.494 e. The number of anilines is 1. The summed E-state index contributed by atoms with van der Waals surface area (Å²) in [5.41, 5.74) is 6.50. The molecule has 2 N–H and O–H groups in total. The molecule has 1 aliphatic heterocycles. The van der Waals surface area contributed by atoms with E-state index in [2.05, 4.69) is 15.1 Å². The predicted octanol–water partition coefficient (Wildman–Crippen LogP) is 4.90. The first-order valence-corrected chi connectivity index (χ1v) is 13.5. The Bertz CT molecular complexity index is 1850. The number of benzene rings is 2. The van der Waals surface area contributed by atoms with Crippen molar-refractivity contribution in [1.29, 1.82) is 0 Å². The van der Waals surface area contributed by atoms with Gasteiger partial charge < -0.3 is 15.2 Å². The minimum absolute atomic E-state index is 0.0321. The van der Waals surface area contributed by atoms with Gasteiger partial charge in [-0.25, -0.2) is 24.0 Å². The molecule has 212 valence electrons. The van der Waals surface area contributed by atoms with Crippen LogP contribution in [0.4, 0.5) is 14.6 Å². The van der Waals surface area contributed by atoms with Gasteiger partial charge in [-0.2, -0.15) is 9.49 Å². The zero-order valence-corrected chi connectivity index (χ0v) is 23.0. The van der Waals surface area contributed by atoms with E-state index in [1.807, 2.05) is 0 Å². The third kappa shape index (κ3) is 4.56. The normalized spacial score (nSPS) is 16.1. The lowest BCUT2D eigenvalue weighted by molar-refractivity contribution is 0.0997. The molecule has 0 bridgehead atoms. The van der Waals surface area contributed by atoms with E-state index in [1.165, 1.54) is 30.3 Å². The molecule has 2 aromatic carbocycles. The summed E-state index contributed by atoms with van der Waals surface area (Å²) in [6.45, 7) is 2.81. The quantitative estimate of drug-likeness (QED) is 0.288. The fourth-order valence-electron chi connectivity index (χ4n) is 5.36. The Labute approximate surface area is 237 Å². The first-order valence-electron chi connectivity index (χ1n) is 13.1. The van der Waals surface area contributed by atoms with E-state index >= 15 is 4.39 Å². The third-order valence-corrected chi connectivity index (χ3v) is 7.76. The van der Waals surface area contributed by atoms with Crippen LogP contribution in [0.15, 0.2) is 41.5 Å². The topological polar surface area (TPSA) is 123 Å². The van der Waals surface area contributed by atoms with E-state index in [0.29, 0.717) is 41.3 Å². The molecule has 0 saturated carbocycles. The van der Waals surface area contributed by atoms with Crippen LogP contribution in [-0.2, 0) is 11.3 Å². The number of nitrogens with two attached hydrogens (primary N) is 1. The molecule has 41 heavy (non-hydrogen) atoms. The van der Waals surface area contributed by atoms with Crippen molar-refractivity contribution in [3.8, 4) is 17.0 Å². The van der Waals surface area contributed by atoms with Crippen LogP contribution in [0, 0.1) is 11.6 Å². The maximum absolute atomic E-state index is 15.2. The number of halogens is 3. The number of fused-ring (bicyclic) bond motifs is 2. The maximum atomic E-state index is 15.2. The number of methoxy groups -OCH3 is 1. The molecular formula is C28H26ClF2N7O3. The zero-order chi connectivity index (χ0) is 28.8. The first kappa shape index (κ1) is 27.0. The minimum atomic E-state index is -1.16. The molecule has 4 heterocycles. The number of hydrogen-bond acceptors (Lipinski definition) is 8. The van der Waals surface area contributed by atoms with E-state index in [9.17, 15) is 9.18 Å². The van der Waals surface area contributed by atoms with Crippen LogP contribution in [0.2, 0.25) is 5.02 Å². The average molecular weight is 582 g/mol. The highest BCUT2D eigenvalue weighted by Gasteiger charge is 2.28. The average Bonchev–Trinajstić information content (AvgIpc) is 3.62. The molecule has 1 aliphatic rings. The van der Waals surface area contributed by atoms with Crippen molar-refractivity contribution in [3.63, 3.8) is 0 Å². The Balaban J connectivity index is 1.55. The molecule has 0 spiro atoms. The monoisotopic (exact) mass is 581 g/mol. The van der Waals surface area contributed by atoms with Crippen molar-refractivity contribution in [2.24, 2.45) is 0 Å². The van der Waals surface area contributed by atoms with Crippen molar-refractivity contribution in [3.05, 3.63) is 69.5 Å². The van der Waals surface area contributed by atoms with Gasteiger partial charge in [0.1, 0.15) is 29.7 Å². The maximum Gasteiger partial charge on any atom is 0.262 e. The highest BCUT2D eigenvalue weighted by Crippen LogP contribution is 2.36. The van der Waals surface area contributed by atoms with Crippen molar-refractivity contribution in [2.45, 2.75) is 44.9 Å². The third-order valence-electron chi connectivity index (χ3n) is 7.44. The van der Waals surface area contributed by atoms with Gasteiger partial charge in [0, 0.05) is 18.7 Å². The number of nitrogens with zero attached hydrogens (tertiary/aromatic N) is 6. The van der Waals surface area contributed by atoms with Gasteiger partial charge >= 0.3 is 0 Å². The van der Waals surface area contributed by atoms with Crippen LogP contribution in [0.25, 0.3) is 33.2 Å². The van der Waals surface area contributed by atoms with Crippen LogP contribution < -0.4 is 16.0 Å². The van der Waals surface area contributed by atoms with E-state index in [0.717, 1.165) is 12.8 Å². The predicted molar refractivity (Wildman–Crippen MR) is 150 cm³/mol. The Kier molecular flexibility index (Phi) is 7.04. The lowest BCUT2D eigenvalue weighted by Gasteiger charge is -2.20. The zero-order valence-electron chi connectivity index (χ0n) is 22.3. The molecular weight excluding hydrogens is 556 g/mol. The number of rotatable bonds is 7. The highest BCUT2D eigenvalue weighted by atomic mass is 35.5. The Morgan fingerprint density at radius 1 is 1.20 bits per heavy atom. The van der Waals surface area contributed by atoms with Crippen molar-refractivity contribution < 1.29 is 18.3 Å². The molecule has 10 nitrogen and oxygen atoms in total. The Morgan fingerprint density at radius 3 is 2.78 bits per heavy atom. The molecule has 3 aromatic heterocycles. The number of hydrogen-bond donors (Lipinski definition) is 1. The second-order valence-corrected chi connectivity index (χ2v) is 10.3. The standard InChI is InChI=1S/C28H26ClF2N7O3/c1-14(26-35-18-7-3-6-17(29)20(18)28(39)37(26)11-10-15-5-4-12-41-15)38-27-21(25(32)33-13-34-27)24(36-38)16-8-9-19(40-2)23(31)22(16)30/h3,6-9,13-15H,4-5,10-12H2,1-2H3,(H2,32,33,34). The fraction of sp³-hybridized carbons (Fsp3) is 0.321. The highest BCUT2D eigenvalue weighted by molar-refractivity contribution is 6.35. The molecule has 1 saturated heterocycles. The number of ether oxygens (including phenoxy) is 2. The van der Waals surface area contributed by atoms with Gasteiger partial charge in [0.15, 0.2) is 17.2 Å². The first-order chi connectivity index (χ1) is 19.8. The number of aromatic nitrogens is 6. The Hall–Kier alpha value is -4.16. The second-order valence-electron chi connectivity index (χ2n) is 9.85. The molecule has 0 radical (unpaired) electrons. The van der Waals surface area contributed by atoms with Gasteiger partial charge in [0.25, 0.3) is 5.56 Å². The summed E-state index contributed by atoms with van der Waals surface area (Å²) >= 11 is 6.42. The SMILES string of the molecule is COc1ccc(-c2nn(C(C)c3nc4cccc(Cl)c4c(=O)n3CCC3CCCO3)c3ncnc(N)c23)c(F)c1F.